The van der Waals surface area contributed by atoms with Gasteiger partial charge in [0.05, 0.1) is 6.10 Å². The lowest BCUT2D eigenvalue weighted by Gasteiger charge is -2.57. The predicted molar refractivity (Wildman–Crippen MR) is 111 cm³/mol. The Morgan fingerprint density at radius 3 is 1.96 bits per heavy atom. The summed E-state index contributed by atoms with van der Waals surface area (Å²) in [6.45, 7) is 6.16. The number of benzene rings is 1. The van der Waals surface area contributed by atoms with E-state index in [1.54, 1.807) is 0 Å². The maximum absolute atomic E-state index is 11.0. The van der Waals surface area contributed by atoms with Crippen molar-refractivity contribution in [2.75, 3.05) is 0 Å². The lowest BCUT2D eigenvalue weighted by molar-refractivity contribution is -0.00539. The van der Waals surface area contributed by atoms with Crippen LogP contribution in [0.15, 0.2) is 24.3 Å². The average molecular weight is 383 g/mol. The lowest BCUT2D eigenvalue weighted by atomic mass is 9.48. The van der Waals surface area contributed by atoms with Crippen LogP contribution in [0, 0.1) is 23.7 Å². The summed E-state index contributed by atoms with van der Waals surface area (Å²) in [7, 11) is 0. The van der Waals surface area contributed by atoms with Crippen LogP contribution in [0.2, 0.25) is 0 Å². The molecule has 6 rings (SSSR count). The highest BCUT2D eigenvalue weighted by atomic mass is 16.3. The lowest BCUT2D eigenvalue weighted by Crippen LogP contribution is -2.48. The first-order valence-electron chi connectivity index (χ1n) is 11.2. The molecule has 0 saturated heterocycles. The molecule has 1 aromatic carbocycles. The van der Waals surface area contributed by atoms with Crippen molar-refractivity contribution in [2.24, 2.45) is 23.7 Å². The smallest absolute Gasteiger partial charge is 0.123 e. The Balaban J connectivity index is 1.52. The van der Waals surface area contributed by atoms with Gasteiger partial charge in [-0.05, 0) is 111 Å². The summed E-state index contributed by atoms with van der Waals surface area (Å²) >= 11 is 0. The molecule has 3 unspecified atom stereocenters. The van der Waals surface area contributed by atoms with Gasteiger partial charge in [-0.1, -0.05) is 12.2 Å². The largest absolute Gasteiger partial charge is 0.508 e. The van der Waals surface area contributed by atoms with E-state index in [-0.39, 0.29) is 34.9 Å². The number of hydrogen-bond acceptors (Lipinski definition) is 3. The predicted octanol–water partition coefficient (Wildman–Crippen LogP) is 5.39. The molecule has 152 valence electrons. The number of aliphatic hydroxyl groups excluding tert-OH is 1. The van der Waals surface area contributed by atoms with Crippen molar-refractivity contribution >= 4 is 0 Å². The molecule has 5 aliphatic rings. The first-order chi connectivity index (χ1) is 13.3. The third-order valence-electron chi connectivity index (χ3n) is 8.61. The summed E-state index contributed by atoms with van der Waals surface area (Å²) in [6.07, 6.45) is 9.63. The van der Waals surface area contributed by atoms with Gasteiger partial charge < -0.3 is 15.3 Å². The summed E-state index contributed by atoms with van der Waals surface area (Å²) in [6, 6.07) is 3.91. The van der Waals surface area contributed by atoms with Gasteiger partial charge in [-0.2, -0.15) is 0 Å². The molecule has 3 atom stereocenters. The minimum atomic E-state index is -0.373. The van der Waals surface area contributed by atoms with Crippen molar-refractivity contribution < 1.29 is 15.3 Å². The molecule has 0 heterocycles. The van der Waals surface area contributed by atoms with E-state index in [1.807, 2.05) is 19.1 Å². The minimum absolute atomic E-state index is 0.0633. The number of aromatic hydroxyl groups is 2. The molecule has 0 aromatic heterocycles. The number of phenolic OH excluding ortho intramolecular Hbond substituents is 2. The van der Waals surface area contributed by atoms with Gasteiger partial charge in [-0.25, -0.2) is 0 Å². The molecule has 3 nitrogen and oxygen atoms in total. The summed E-state index contributed by atoms with van der Waals surface area (Å²) in [5, 5.41) is 32.3. The Morgan fingerprint density at radius 1 is 0.929 bits per heavy atom. The highest BCUT2D eigenvalue weighted by molar-refractivity contribution is 5.52. The zero-order chi connectivity index (χ0) is 19.6. The van der Waals surface area contributed by atoms with Gasteiger partial charge in [-0.3, -0.25) is 0 Å². The Morgan fingerprint density at radius 2 is 1.46 bits per heavy atom. The van der Waals surface area contributed by atoms with E-state index in [9.17, 15) is 15.3 Å². The van der Waals surface area contributed by atoms with Crippen LogP contribution in [0.3, 0.4) is 0 Å². The standard InChI is InChI=1S/C25H34O3/c1-14(2)20-4-3-19(26)10-21(20)24-22(27)8-18(9-23(24)28)25-11-15-5-16(12-25)7-17(6-15)13-25/h8-9,15-17,19-21,26-28H,1,3-7,10-13H2,2H3. The third kappa shape index (κ3) is 2.89. The van der Waals surface area contributed by atoms with Gasteiger partial charge in [0.2, 0.25) is 0 Å². The van der Waals surface area contributed by atoms with Crippen LogP contribution in [0.4, 0.5) is 0 Å². The molecule has 28 heavy (non-hydrogen) atoms. The highest BCUT2D eigenvalue weighted by Gasteiger charge is 2.52. The molecule has 0 radical (unpaired) electrons. The van der Waals surface area contributed by atoms with Gasteiger partial charge in [0.1, 0.15) is 11.5 Å². The van der Waals surface area contributed by atoms with Crippen LogP contribution < -0.4 is 0 Å². The Kier molecular flexibility index (Phi) is 4.32. The van der Waals surface area contributed by atoms with Gasteiger partial charge >= 0.3 is 0 Å². The molecule has 4 bridgehead atoms. The third-order valence-corrected chi connectivity index (χ3v) is 8.61. The summed E-state index contributed by atoms with van der Waals surface area (Å²) < 4.78 is 0. The van der Waals surface area contributed by atoms with Crippen LogP contribution in [0.25, 0.3) is 0 Å². The van der Waals surface area contributed by atoms with Gasteiger partial charge in [0, 0.05) is 11.5 Å². The van der Waals surface area contributed by atoms with Crippen LogP contribution in [0.1, 0.15) is 81.8 Å². The summed E-state index contributed by atoms with van der Waals surface area (Å²) in [5.41, 5.74) is 3.00. The molecule has 0 spiro atoms. The van der Waals surface area contributed by atoms with E-state index < -0.39 is 0 Å². The fourth-order valence-electron chi connectivity index (χ4n) is 7.83. The van der Waals surface area contributed by atoms with E-state index >= 15 is 0 Å². The number of allylic oxidation sites excluding steroid dienone is 1. The molecule has 5 fully saturated rings. The molecule has 3 N–H and O–H groups in total. The quantitative estimate of drug-likeness (QED) is 0.615. The Bertz CT molecular complexity index is 737. The van der Waals surface area contributed by atoms with E-state index in [1.165, 1.54) is 38.5 Å². The highest BCUT2D eigenvalue weighted by Crippen LogP contribution is 2.61. The van der Waals surface area contributed by atoms with Crippen molar-refractivity contribution in [3.8, 4) is 11.5 Å². The van der Waals surface area contributed by atoms with E-state index in [0.717, 1.165) is 41.7 Å². The van der Waals surface area contributed by atoms with Gasteiger partial charge in [0.15, 0.2) is 0 Å². The van der Waals surface area contributed by atoms with Crippen LogP contribution in [-0.2, 0) is 5.41 Å². The molecule has 0 amide bonds. The second kappa shape index (κ2) is 6.52. The molecule has 3 heteroatoms. The molecule has 1 aromatic rings. The summed E-state index contributed by atoms with van der Waals surface area (Å²) in [5.74, 6) is 3.06. The Hall–Kier alpha value is -1.48. The number of rotatable bonds is 3. The van der Waals surface area contributed by atoms with Crippen LogP contribution in [0.5, 0.6) is 11.5 Å². The monoisotopic (exact) mass is 382 g/mol. The SMILES string of the molecule is C=C(C)C1CCC(O)CC1c1c(O)cc(C23CC4CC(CC(C4)C2)C3)cc1O. The fraction of sp³-hybridized carbons (Fsp3) is 0.680. The molecular weight excluding hydrogens is 348 g/mol. The topological polar surface area (TPSA) is 60.7 Å². The van der Waals surface area contributed by atoms with Crippen LogP contribution >= 0.6 is 0 Å². The number of hydrogen-bond donors (Lipinski definition) is 3. The zero-order valence-electron chi connectivity index (χ0n) is 17.0. The first kappa shape index (κ1) is 18.5. The molecule has 0 aliphatic heterocycles. The number of phenols is 2. The molecule has 5 saturated carbocycles. The van der Waals surface area contributed by atoms with Gasteiger partial charge in [0.25, 0.3) is 0 Å². The van der Waals surface area contributed by atoms with Crippen molar-refractivity contribution in [1.82, 2.24) is 0 Å². The second-order valence-corrected chi connectivity index (χ2v) is 10.7. The Labute approximate surface area is 168 Å². The van der Waals surface area contributed by atoms with Crippen molar-refractivity contribution in [1.29, 1.82) is 0 Å². The first-order valence-corrected chi connectivity index (χ1v) is 11.2. The molecule has 5 aliphatic carbocycles. The fourth-order valence-corrected chi connectivity index (χ4v) is 7.83. The minimum Gasteiger partial charge on any atom is -0.508 e. The number of aliphatic hydroxyl groups is 1. The van der Waals surface area contributed by atoms with Crippen molar-refractivity contribution in [2.45, 2.75) is 82.1 Å². The maximum Gasteiger partial charge on any atom is 0.123 e. The normalized spacial score (nSPS) is 41.9. The zero-order valence-corrected chi connectivity index (χ0v) is 17.0. The van der Waals surface area contributed by atoms with E-state index in [4.69, 9.17) is 0 Å². The van der Waals surface area contributed by atoms with Crippen molar-refractivity contribution in [3.05, 3.63) is 35.4 Å². The van der Waals surface area contributed by atoms with Crippen LogP contribution in [-0.4, -0.2) is 21.4 Å². The maximum atomic E-state index is 11.0. The van der Waals surface area contributed by atoms with E-state index in [0.29, 0.717) is 12.0 Å². The summed E-state index contributed by atoms with van der Waals surface area (Å²) in [4.78, 5) is 0. The average Bonchev–Trinajstić information content (AvgIpc) is 2.59. The molecular formula is C25H34O3. The second-order valence-electron chi connectivity index (χ2n) is 10.7. The van der Waals surface area contributed by atoms with Crippen molar-refractivity contribution in [3.63, 3.8) is 0 Å². The van der Waals surface area contributed by atoms with Gasteiger partial charge in [-0.15, -0.1) is 0 Å². The van der Waals surface area contributed by atoms with E-state index in [2.05, 4.69) is 6.58 Å².